The zero-order chi connectivity index (χ0) is 24.1. The van der Waals surface area contributed by atoms with Crippen molar-refractivity contribution in [2.45, 2.75) is 19.1 Å². The number of fused-ring (bicyclic) bond motifs is 1. The van der Waals surface area contributed by atoms with Crippen LogP contribution in [0.2, 0.25) is 5.02 Å². The largest absolute Gasteiger partial charge is 0.528 e. The molecule has 0 bridgehead atoms. The van der Waals surface area contributed by atoms with Crippen LogP contribution in [0.3, 0.4) is 0 Å². The van der Waals surface area contributed by atoms with Crippen molar-refractivity contribution in [3.05, 3.63) is 99.8 Å². The zero-order valence-electron chi connectivity index (χ0n) is 17.9. The maximum absolute atomic E-state index is 13.4. The Morgan fingerprint density at radius 3 is 2.68 bits per heavy atom. The van der Waals surface area contributed by atoms with Gasteiger partial charge in [-0.15, -0.1) is 5.06 Å². The van der Waals surface area contributed by atoms with E-state index >= 15 is 0 Å². The molecule has 1 heterocycles. The number of rotatable bonds is 7. The number of carbonyl (C=O) groups is 2. The molecule has 1 aliphatic heterocycles. The van der Waals surface area contributed by atoms with Crippen LogP contribution in [0.1, 0.15) is 28.3 Å². The molecule has 0 aromatic heterocycles. The first-order chi connectivity index (χ1) is 16.4. The van der Waals surface area contributed by atoms with E-state index in [9.17, 15) is 14.0 Å². The Labute approximate surface area is 200 Å². The number of ether oxygens (including phenoxy) is 2. The van der Waals surface area contributed by atoms with Gasteiger partial charge in [-0.1, -0.05) is 48.0 Å². The van der Waals surface area contributed by atoms with E-state index in [4.69, 9.17) is 31.0 Å². The van der Waals surface area contributed by atoms with E-state index in [2.05, 4.69) is 0 Å². The van der Waals surface area contributed by atoms with Crippen LogP contribution < -0.4 is 4.74 Å². The van der Waals surface area contributed by atoms with Crippen LogP contribution in [-0.2, 0) is 27.4 Å². The zero-order valence-corrected chi connectivity index (χ0v) is 18.7. The minimum absolute atomic E-state index is 0.157. The molecule has 4 rings (SSSR count). The number of aliphatic carboxylic acids is 1. The van der Waals surface area contributed by atoms with E-state index < -0.39 is 30.6 Å². The summed E-state index contributed by atoms with van der Waals surface area (Å²) in [7, 11) is 0. The second-order valence-corrected chi connectivity index (χ2v) is 8.05. The maximum Gasteiger partial charge on any atom is 0.528 e. The summed E-state index contributed by atoms with van der Waals surface area (Å²) in [5, 5.41) is 10.9. The number of nitrogens with zero attached hydrogens (tertiary/aromatic N) is 1. The first-order valence-electron chi connectivity index (χ1n) is 10.5. The highest BCUT2D eigenvalue weighted by Crippen LogP contribution is 2.40. The molecule has 34 heavy (non-hydrogen) atoms. The van der Waals surface area contributed by atoms with Crippen molar-refractivity contribution in [1.82, 2.24) is 5.06 Å². The molecule has 3 aromatic carbocycles. The lowest BCUT2D eigenvalue weighted by atomic mass is 9.89. The molecule has 7 nitrogen and oxygen atoms in total. The van der Waals surface area contributed by atoms with Crippen LogP contribution in [0.25, 0.3) is 0 Å². The third-order valence-corrected chi connectivity index (χ3v) is 5.53. The number of carboxylic acids is 1. The van der Waals surface area contributed by atoms with E-state index in [0.717, 1.165) is 11.1 Å². The number of benzene rings is 3. The molecule has 0 aliphatic carbocycles. The van der Waals surface area contributed by atoms with Crippen LogP contribution in [0.5, 0.6) is 5.75 Å². The lowest BCUT2D eigenvalue weighted by molar-refractivity contribution is -0.152. The molecule has 176 valence electrons. The van der Waals surface area contributed by atoms with Gasteiger partial charge in [0.05, 0.1) is 6.04 Å². The van der Waals surface area contributed by atoms with Crippen LogP contribution in [0.4, 0.5) is 9.18 Å². The number of hydrogen-bond acceptors (Lipinski definition) is 6. The van der Waals surface area contributed by atoms with Gasteiger partial charge >= 0.3 is 12.1 Å². The predicted octanol–water partition coefficient (Wildman–Crippen LogP) is 5.16. The fourth-order valence-electron chi connectivity index (χ4n) is 3.86. The first kappa shape index (κ1) is 23.5. The highest BCUT2D eigenvalue weighted by molar-refractivity contribution is 6.30. The van der Waals surface area contributed by atoms with Crippen LogP contribution in [-0.4, -0.2) is 35.4 Å². The average molecular weight is 486 g/mol. The normalized spacial score (nSPS) is 15.3. The van der Waals surface area contributed by atoms with E-state index in [-0.39, 0.29) is 6.61 Å². The topological polar surface area (TPSA) is 85.3 Å². The molecule has 1 N–H and O–H groups in total. The highest BCUT2D eigenvalue weighted by Gasteiger charge is 2.34. The summed E-state index contributed by atoms with van der Waals surface area (Å²) in [6.07, 6.45) is -0.348. The molecular formula is C25H21ClFNO6. The van der Waals surface area contributed by atoms with Crippen molar-refractivity contribution in [2.75, 3.05) is 13.2 Å². The number of carbonyl (C=O) groups excluding carboxylic acids is 1. The quantitative estimate of drug-likeness (QED) is 0.463. The smallest absolute Gasteiger partial charge is 0.482 e. The van der Waals surface area contributed by atoms with Gasteiger partial charge in [-0.2, -0.15) is 0 Å². The van der Waals surface area contributed by atoms with Crippen LogP contribution >= 0.6 is 11.6 Å². The molecule has 3 aromatic rings. The van der Waals surface area contributed by atoms with Crippen molar-refractivity contribution >= 4 is 23.7 Å². The van der Waals surface area contributed by atoms with E-state index in [0.29, 0.717) is 34.9 Å². The number of hydrogen-bond donors (Lipinski definition) is 1. The predicted molar refractivity (Wildman–Crippen MR) is 121 cm³/mol. The third-order valence-electron chi connectivity index (χ3n) is 5.29. The molecule has 0 spiro atoms. The molecule has 0 saturated heterocycles. The van der Waals surface area contributed by atoms with Crippen molar-refractivity contribution in [3.63, 3.8) is 0 Å². The Morgan fingerprint density at radius 1 is 1.06 bits per heavy atom. The van der Waals surface area contributed by atoms with Crippen molar-refractivity contribution in [3.8, 4) is 5.75 Å². The molecular weight excluding hydrogens is 465 g/mol. The summed E-state index contributed by atoms with van der Waals surface area (Å²) in [4.78, 5) is 29.1. The van der Waals surface area contributed by atoms with Gasteiger partial charge in [0.15, 0.2) is 6.61 Å². The summed E-state index contributed by atoms with van der Waals surface area (Å²) in [6.45, 7) is -0.350. The summed E-state index contributed by atoms with van der Waals surface area (Å²) in [5.74, 6) is -1.26. The van der Waals surface area contributed by atoms with Crippen molar-refractivity contribution < 1.29 is 33.4 Å². The van der Waals surface area contributed by atoms with E-state index in [1.807, 2.05) is 24.3 Å². The van der Waals surface area contributed by atoms with Gasteiger partial charge in [-0.3, -0.25) is 0 Å². The SMILES string of the molecule is O=C(O)COc1ccc(Cl)cc1C1c2ccccc2CCN1OC(=O)OCc1cccc(F)c1. The van der Waals surface area contributed by atoms with Gasteiger partial charge < -0.3 is 19.4 Å². The fraction of sp³-hybridized carbons (Fsp3) is 0.200. The van der Waals surface area contributed by atoms with Gasteiger partial charge in [-0.05, 0) is 53.4 Å². The van der Waals surface area contributed by atoms with Gasteiger partial charge in [0.2, 0.25) is 0 Å². The average Bonchev–Trinajstić information content (AvgIpc) is 2.82. The second kappa shape index (κ2) is 10.5. The number of hydroxylamine groups is 2. The fourth-order valence-corrected chi connectivity index (χ4v) is 4.04. The summed E-state index contributed by atoms with van der Waals surface area (Å²) >= 11 is 6.26. The van der Waals surface area contributed by atoms with Crippen LogP contribution in [0, 0.1) is 5.82 Å². The van der Waals surface area contributed by atoms with Gasteiger partial charge in [0.25, 0.3) is 0 Å². The second-order valence-electron chi connectivity index (χ2n) is 7.62. The number of halogens is 2. The Hall–Kier alpha value is -3.62. The van der Waals surface area contributed by atoms with Crippen molar-refractivity contribution in [1.29, 1.82) is 0 Å². The van der Waals surface area contributed by atoms with Crippen LogP contribution in [0.15, 0.2) is 66.7 Å². The molecule has 1 aliphatic rings. The Balaban J connectivity index is 1.61. The number of carboxylic acid groups (broad SMARTS) is 1. The molecule has 9 heteroatoms. The molecule has 0 fully saturated rings. The third kappa shape index (κ3) is 5.65. The Morgan fingerprint density at radius 2 is 1.88 bits per heavy atom. The van der Waals surface area contributed by atoms with Gasteiger partial charge in [-0.25, -0.2) is 14.0 Å². The standard InChI is InChI=1S/C25H21ClFNO6/c26-18-8-9-22(32-15-23(29)30)21(13-18)24-20-7-2-1-5-17(20)10-11-28(24)34-25(31)33-14-16-4-3-6-19(27)12-16/h1-9,12-13,24H,10-11,14-15H2,(H,29,30). The highest BCUT2D eigenvalue weighted by atomic mass is 35.5. The molecule has 1 atom stereocenters. The minimum atomic E-state index is -1.13. The first-order valence-corrected chi connectivity index (χ1v) is 10.9. The van der Waals surface area contributed by atoms with E-state index in [1.54, 1.807) is 24.3 Å². The Bertz CT molecular complexity index is 1200. The summed E-state index contributed by atoms with van der Waals surface area (Å²) in [6, 6.07) is 17.6. The molecule has 0 radical (unpaired) electrons. The van der Waals surface area contributed by atoms with Gasteiger partial charge in [0, 0.05) is 17.1 Å². The minimum Gasteiger partial charge on any atom is -0.482 e. The van der Waals surface area contributed by atoms with E-state index in [1.165, 1.54) is 23.3 Å². The van der Waals surface area contributed by atoms with Gasteiger partial charge in [0.1, 0.15) is 18.2 Å². The molecule has 1 unspecified atom stereocenters. The lowest BCUT2D eigenvalue weighted by Crippen LogP contribution is -2.38. The summed E-state index contributed by atoms with van der Waals surface area (Å²) in [5.41, 5.74) is 2.93. The summed E-state index contributed by atoms with van der Waals surface area (Å²) < 4.78 is 24.1. The monoisotopic (exact) mass is 485 g/mol. The lowest BCUT2D eigenvalue weighted by Gasteiger charge is -2.36. The molecule has 0 saturated carbocycles. The molecule has 0 amide bonds. The Kier molecular flexibility index (Phi) is 7.30. The van der Waals surface area contributed by atoms with Crippen molar-refractivity contribution in [2.24, 2.45) is 0 Å². The maximum atomic E-state index is 13.4.